The Morgan fingerprint density at radius 2 is 1.95 bits per heavy atom. The van der Waals surface area contributed by atoms with Gasteiger partial charge in [0.15, 0.2) is 0 Å². The molecule has 0 saturated heterocycles. The molecule has 1 aliphatic carbocycles. The first-order valence-corrected chi connectivity index (χ1v) is 7.75. The molecule has 20 heavy (non-hydrogen) atoms. The highest BCUT2D eigenvalue weighted by Gasteiger charge is 2.46. The summed E-state index contributed by atoms with van der Waals surface area (Å²) in [4.78, 5) is 23.5. The van der Waals surface area contributed by atoms with Crippen molar-refractivity contribution in [3.8, 4) is 0 Å². The van der Waals surface area contributed by atoms with E-state index in [9.17, 15) is 14.7 Å². The lowest BCUT2D eigenvalue weighted by Crippen LogP contribution is -2.53. The highest BCUT2D eigenvalue weighted by atomic mass is 16.4. The van der Waals surface area contributed by atoms with Gasteiger partial charge in [0.05, 0.1) is 5.92 Å². The molecular formula is C16H29NO3. The van der Waals surface area contributed by atoms with Crippen LogP contribution in [0.2, 0.25) is 0 Å². The van der Waals surface area contributed by atoms with Gasteiger partial charge in [-0.1, -0.05) is 41.0 Å². The van der Waals surface area contributed by atoms with Crippen LogP contribution in [0, 0.1) is 23.2 Å². The summed E-state index contributed by atoms with van der Waals surface area (Å²) in [6.45, 7) is 10.1. The lowest BCUT2D eigenvalue weighted by Gasteiger charge is -2.46. The molecule has 2 N–H and O–H groups in total. The highest BCUT2D eigenvalue weighted by Crippen LogP contribution is 2.45. The van der Waals surface area contributed by atoms with Gasteiger partial charge in [0.1, 0.15) is 0 Å². The third-order valence-electron chi connectivity index (χ3n) is 5.24. The van der Waals surface area contributed by atoms with E-state index < -0.39 is 5.97 Å². The zero-order chi connectivity index (χ0) is 15.5. The fraction of sp³-hybridized carbons (Fsp3) is 0.875. The van der Waals surface area contributed by atoms with E-state index in [1.54, 1.807) is 0 Å². The molecule has 0 bridgehead atoms. The van der Waals surface area contributed by atoms with Crippen molar-refractivity contribution in [2.45, 2.75) is 66.3 Å². The summed E-state index contributed by atoms with van der Waals surface area (Å²) < 4.78 is 0. The number of amides is 1. The van der Waals surface area contributed by atoms with E-state index in [1.807, 2.05) is 20.8 Å². The van der Waals surface area contributed by atoms with E-state index in [-0.39, 0.29) is 35.1 Å². The van der Waals surface area contributed by atoms with Crippen LogP contribution in [-0.2, 0) is 9.59 Å². The molecule has 116 valence electrons. The minimum absolute atomic E-state index is 0.0347. The molecule has 1 aliphatic rings. The molecule has 4 unspecified atom stereocenters. The molecular weight excluding hydrogens is 254 g/mol. The second kappa shape index (κ2) is 6.59. The van der Waals surface area contributed by atoms with Crippen LogP contribution in [-0.4, -0.2) is 23.0 Å². The van der Waals surface area contributed by atoms with Gasteiger partial charge in [0, 0.05) is 12.0 Å². The molecule has 0 aromatic rings. The Bertz CT molecular complexity index is 365. The highest BCUT2D eigenvalue weighted by molar-refractivity contribution is 5.78. The largest absolute Gasteiger partial charge is 0.481 e. The van der Waals surface area contributed by atoms with E-state index in [2.05, 4.69) is 19.2 Å². The minimum Gasteiger partial charge on any atom is -0.481 e. The molecule has 0 radical (unpaired) electrons. The van der Waals surface area contributed by atoms with E-state index in [0.717, 1.165) is 19.3 Å². The summed E-state index contributed by atoms with van der Waals surface area (Å²) in [6, 6.07) is 0.0902. The first-order chi connectivity index (χ1) is 9.21. The van der Waals surface area contributed by atoms with Crippen LogP contribution in [0.1, 0.15) is 60.3 Å². The standard InChI is InChI=1S/C16H29NO3/c1-6-7-10(2)14(18)17-13-9-8-12(15(19)20)16(4,5)11(13)3/h10-13H,6-9H2,1-5H3,(H,17,18)(H,19,20). The smallest absolute Gasteiger partial charge is 0.307 e. The molecule has 4 atom stereocenters. The average molecular weight is 283 g/mol. The van der Waals surface area contributed by atoms with Gasteiger partial charge in [-0.05, 0) is 30.6 Å². The third-order valence-corrected chi connectivity index (χ3v) is 5.24. The summed E-state index contributed by atoms with van der Waals surface area (Å²) in [7, 11) is 0. The predicted molar refractivity (Wildman–Crippen MR) is 79.3 cm³/mol. The van der Waals surface area contributed by atoms with Gasteiger partial charge >= 0.3 is 5.97 Å². The average Bonchev–Trinajstić information content (AvgIpc) is 2.34. The first kappa shape index (κ1) is 17.0. The number of carbonyl (C=O) groups is 2. The van der Waals surface area contributed by atoms with Crippen LogP contribution in [0.4, 0.5) is 0 Å². The van der Waals surface area contributed by atoms with Crippen LogP contribution in [0.15, 0.2) is 0 Å². The lowest BCUT2D eigenvalue weighted by atomic mass is 9.61. The van der Waals surface area contributed by atoms with Crippen LogP contribution in [0.25, 0.3) is 0 Å². The fourth-order valence-corrected chi connectivity index (χ4v) is 3.33. The number of carboxylic acids is 1. The first-order valence-electron chi connectivity index (χ1n) is 7.75. The molecule has 0 heterocycles. The predicted octanol–water partition coefficient (Wildman–Crippen LogP) is 3.06. The molecule has 4 heteroatoms. The Morgan fingerprint density at radius 1 is 1.35 bits per heavy atom. The molecule has 1 saturated carbocycles. The number of aliphatic carboxylic acids is 1. The molecule has 1 fully saturated rings. The molecule has 0 aliphatic heterocycles. The minimum atomic E-state index is -0.717. The Labute approximate surface area is 122 Å². The number of carboxylic acid groups (broad SMARTS) is 1. The SMILES string of the molecule is CCCC(C)C(=O)NC1CCC(C(=O)O)C(C)(C)C1C. The van der Waals surface area contributed by atoms with E-state index >= 15 is 0 Å². The van der Waals surface area contributed by atoms with Crippen molar-refractivity contribution in [3.63, 3.8) is 0 Å². The molecule has 1 amide bonds. The second-order valence-electron chi connectivity index (χ2n) is 6.88. The van der Waals surface area contributed by atoms with Gasteiger partial charge in [0.25, 0.3) is 0 Å². The van der Waals surface area contributed by atoms with Crippen molar-refractivity contribution in [2.24, 2.45) is 23.2 Å². The monoisotopic (exact) mass is 283 g/mol. The van der Waals surface area contributed by atoms with Gasteiger partial charge in [-0.15, -0.1) is 0 Å². The zero-order valence-electron chi connectivity index (χ0n) is 13.4. The summed E-state index contributed by atoms with van der Waals surface area (Å²) in [5.41, 5.74) is -0.296. The van der Waals surface area contributed by atoms with Gasteiger partial charge < -0.3 is 10.4 Å². The van der Waals surface area contributed by atoms with Crippen molar-refractivity contribution in [2.75, 3.05) is 0 Å². The maximum atomic E-state index is 12.1. The van der Waals surface area contributed by atoms with E-state index in [0.29, 0.717) is 6.42 Å². The Kier molecular flexibility index (Phi) is 5.60. The van der Waals surface area contributed by atoms with E-state index in [4.69, 9.17) is 0 Å². The van der Waals surface area contributed by atoms with Crippen LogP contribution in [0.3, 0.4) is 0 Å². The van der Waals surface area contributed by atoms with Crippen LogP contribution < -0.4 is 5.32 Å². The van der Waals surface area contributed by atoms with Gasteiger partial charge in [-0.25, -0.2) is 0 Å². The lowest BCUT2D eigenvalue weighted by molar-refractivity contribution is -0.150. The summed E-state index contributed by atoms with van der Waals surface area (Å²) in [6.07, 6.45) is 3.29. The van der Waals surface area contributed by atoms with Gasteiger partial charge in [0.2, 0.25) is 5.91 Å². The molecule has 0 aromatic carbocycles. The summed E-state index contributed by atoms with van der Waals surface area (Å²) in [5, 5.41) is 12.5. The quantitative estimate of drug-likeness (QED) is 0.815. The molecule has 0 spiro atoms. The van der Waals surface area contributed by atoms with Gasteiger partial charge in [-0.3, -0.25) is 9.59 Å². The van der Waals surface area contributed by atoms with Gasteiger partial charge in [-0.2, -0.15) is 0 Å². The molecule has 1 rings (SSSR count). The normalized spacial score (nSPS) is 30.6. The second-order valence-corrected chi connectivity index (χ2v) is 6.88. The fourth-order valence-electron chi connectivity index (χ4n) is 3.33. The number of nitrogens with one attached hydrogen (secondary N) is 1. The zero-order valence-corrected chi connectivity index (χ0v) is 13.4. The van der Waals surface area contributed by atoms with Crippen molar-refractivity contribution in [1.29, 1.82) is 0 Å². The summed E-state index contributed by atoms with van der Waals surface area (Å²) >= 11 is 0. The Morgan fingerprint density at radius 3 is 2.45 bits per heavy atom. The number of rotatable bonds is 5. The molecule has 4 nitrogen and oxygen atoms in total. The summed E-state index contributed by atoms with van der Waals surface area (Å²) in [5.74, 6) is -0.736. The topological polar surface area (TPSA) is 66.4 Å². The van der Waals surface area contributed by atoms with Crippen molar-refractivity contribution in [1.82, 2.24) is 5.32 Å². The Hall–Kier alpha value is -1.06. The maximum absolute atomic E-state index is 12.1. The number of hydrogen-bond acceptors (Lipinski definition) is 2. The molecule has 0 aromatic heterocycles. The van der Waals surface area contributed by atoms with E-state index in [1.165, 1.54) is 0 Å². The third kappa shape index (κ3) is 3.53. The van der Waals surface area contributed by atoms with Crippen LogP contribution in [0.5, 0.6) is 0 Å². The number of carbonyl (C=O) groups excluding carboxylic acids is 1. The van der Waals surface area contributed by atoms with Crippen molar-refractivity contribution in [3.05, 3.63) is 0 Å². The maximum Gasteiger partial charge on any atom is 0.307 e. The Balaban J connectivity index is 2.71. The van der Waals surface area contributed by atoms with Crippen molar-refractivity contribution >= 4 is 11.9 Å². The number of hydrogen-bond donors (Lipinski definition) is 2. The van der Waals surface area contributed by atoms with Crippen LogP contribution >= 0.6 is 0 Å². The van der Waals surface area contributed by atoms with Crippen molar-refractivity contribution < 1.29 is 14.7 Å².